The lowest BCUT2D eigenvalue weighted by Crippen LogP contribution is -2.45. The normalized spacial score (nSPS) is 17.0. The first-order chi connectivity index (χ1) is 12.3. The predicted molar refractivity (Wildman–Crippen MR) is 97.5 cm³/mol. The van der Waals surface area contributed by atoms with Gasteiger partial charge in [0.15, 0.2) is 17.3 Å². The lowest BCUT2D eigenvalue weighted by atomic mass is 9.86. The highest BCUT2D eigenvalue weighted by atomic mass is 16.5. The van der Waals surface area contributed by atoms with Crippen molar-refractivity contribution in [3.63, 3.8) is 0 Å². The molecule has 3 rings (SSSR count). The number of hydrogen-bond acceptors (Lipinski definition) is 5. The number of hydrogen-bond donors (Lipinski definition) is 0. The Bertz CT molecular complexity index is 820. The molecule has 140 valence electrons. The number of aromatic nitrogens is 1. The van der Waals surface area contributed by atoms with Crippen LogP contribution in [0.15, 0.2) is 22.7 Å². The molecule has 6 heteroatoms. The van der Waals surface area contributed by atoms with Gasteiger partial charge in [-0.25, -0.2) is 0 Å². The molecule has 1 aliphatic heterocycles. The van der Waals surface area contributed by atoms with E-state index in [0.29, 0.717) is 23.8 Å². The first kappa shape index (κ1) is 18.3. The molecule has 26 heavy (non-hydrogen) atoms. The van der Waals surface area contributed by atoms with Gasteiger partial charge in [0.1, 0.15) is 6.04 Å². The van der Waals surface area contributed by atoms with Crippen molar-refractivity contribution >= 4 is 5.91 Å². The second-order valence-electron chi connectivity index (χ2n) is 7.68. The maximum Gasteiger partial charge on any atom is 0.228 e. The van der Waals surface area contributed by atoms with Crippen LogP contribution in [-0.2, 0) is 11.2 Å². The number of carbonyl (C=O) groups is 1. The Balaban J connectivity index is 2.16. The highest BCUT2D eigenvalue weighted by Gasteiger charge is 2.39. The summed E-state index contributed by atoms with van der Waals surface area (Å²) < 4.78 is 16.5. The van der Waals surface area contributed by atoms with E-state index in [2.05, 4.69) is 5.16 Å². The molecule has 2 heterocycles. The van der Waals surface area contributed by atoms with Gasteiger partial charge in [0, 0.05) is 18.0 Å². The Morgan fingerprint density at radius 1 is 1.19 bits per heavy atom. The van der Waals surface area contributed by atoms with Crippen LogP contribution in [0.4, 0.5) is 0 Å². The van der Waals surface area contributed by atoms with Gasteiger partial charge in [0.25, 0.3) is 0 Å². The van der Waals surface area contributed by atoms with Crippen LogP contribution in [0.3, 0.4) is 0 Å². The number of benzene rings is 1. The molecule has 0 bridgehead atoms. The molecule has 0 N–H and O–H groups in total. The molecule has 0 aliphatic carbocycles. The van der Waals surface area contributed by atoms with Gasteiger partial charge >= 0.3 is 0 Å². The summed E-state index contributed by atoms with van der Waals surface area (Å²) >= 11 is 0. The van der Waals surface area contributed by atoms with Crippen LogP contribution in [0.5, 0.6) is 11.5 Å². The molecule has 1 amide bonds. The van der Waals surface area contributed by atoms with Crippen molar-refractivity contribution in [3.8, 4) is 11.5 Å². The number of rotatable bonds is 3. The van der Waals surface area contributed by atoms with E-state index in [1.165, 1.54) is 0 Å². The number of amides is 1. The van der Waals surface area contributed by atoms with Crippen molar-refractivity contribution in [2.24, 2.45) is 5.41 Å². The molecule has 0 radical (unpaired) electrons. The third-order valence-electron chi connectivity index (χ3n) is 4.69. The SMILES string of the molecule is COc1cc2c(cc1OC)[C@@H](c1cc(C)no1)N(C(=O)C(C)(C)C)CC2. The van der Waals surface area contributed by atoms with Gasteiger partial charge in [-0.05, 0) is 36.6 Å². The molecule has 2 aromatic rings. The summed E-state index contributed by atoms with van der Waals surface area (Å²) in [7, 11) is 3.23. The molecule has 1 aliphatic rings. The summed E-state index contributed by atoms with van der Waals surface area (Å²) in [4.78, 5) is 15.0. The summed E-state index contributed by atoms with van der Waals surface area (Å²) in [6.07, 6.45) is 0.751. The molecule has 0 unspecified atom stereocenters. The van der Waals surface area contributed by atoms with Crippen LogP contribution in [0.2, 0.25) is 0 Å². The third-order valence-corrected chi connectivity index (χ3v) is 4.69. The largest absolute Gasteiger partial charge is 0.493 e. The van der Waals surface area contributed by atoms with Gasteiger partial charge in [-0.2, -0.15) is 0 Å². The monoisotopic (exact) mass is 358 g/mol. The van der Waals surface area contributed by atoms with Crippen LogP contribution < -0.4 is 9.47 Å². The highest BCUT2D eigenvalue weighted by molar-refractivity contribution is 5.82. The van der Waals surface area contributed by atoms with Crippen LogP contribution in [0.25, 0.3) is 0 Å². The average Bonchev–Trinajstić information content (AvgIpc) is 3.03. The predicted octanol–water partition coefficient (Wildman–Crippen LogP) is 3.52. The molecule has 0 saturated carbocycles. The highest BCUT2D eigenvalue weighted by Crippen LogP contribution is 2.42. The van der Waals surface area contributed by atoms with E-state index in [9.17, 15) is 4.79 Å². The molecular formula is C20H26N2O4. The minimum Gasteiger partial charge on any atom is -0.493 e. The van der Waals surface area contributed by atoms with E-state index >= 15 is 0 Å². The van der Waals surface area contributed by atoms with Crippen LogP contribution >= 0.6 is 0 Å². The van der Waals surface area contributed by atoms with Crippen molar-refractivity contribution in [1.29, 1.82) is 0 Å². The number of ether oxygens (including phenoxy) is 2. The molecule has 1 aromatic carbocycles. The standard InChI is InChI=1S/C20H26N2O4/c1-12-9-17(26-21-12)18-14-11-16(25-6)15(24-5)10-13(14)7-8-22(18)19(23)20(2,3)4/h9-11,18H,7-8H2,1-6H3/t18-/m0/s1. The Morgan fingerprint density at radius 2 is 1.85 bits per heavy atom. The Labute approximate surface area is 154 Å². The average molecular weight is 358 g/mol. The minimum absolute atomic E-state index is 0.0805. The number of aryl methyl sites for hydroxylation is 1. The first-order valence-corrected chi connectivity index (χ1v) is 8.75. The van der Waals surface area contributed by atoms with E-state index in [0.717, 1.165) is 23.2 Å². The summed E-state index contributed by atoms with van der Waals surface area (Å²) in [5.74, 6) is 2.07. The van der Waals surface area contributed by atoms with Crippen molar-refractivity contribution in [2.45, 2.75) is 40.2 Å². The van der Waals surface area contributed by atoms with E-state index in [-0.39, 0.29) is 11.9 Å². The Morgan fingerprint density at radius 3 is 2.38 bits per heavy atom. The zero-order chi connectivity index (χ0) is 19.1. The zero-order valence-electron chi connectivity index (χ0n) is 16.3. The van der Waals surface area contributed by atoms with Gasteiger partial charge in [0.05, 0.1) is 19.9 Å². The second kappa shape index (κ2) is 6.67. The Kier molecular flexibility index (Phi) is 4.69. The molecule has 6 nitrogen and oxygen atoms in total. The number of nitrogens with zero attached hydrogens (tertiary/aromatic N) is 2. The number of carbonyl (C=O) groups excluding carboxylic acids is 1. The van der Waals surface area contributed by atoms with Gasteiger partial charge in [-0.1, -0.05) is 25.9 Å². The summed E-state index contributed by atoms with van der Waals surface area (Å²) in [5, 5.41) is 4.03. The Hall–Kier alpha value is -2.50. The fraction of sp³-hybridized carbons (Fsp3) is 0.500. The summed E-state index contributed by atoms with van der Waals surface area (Å²) in [6.45, 7) is 8.29. The van der Waals surface area contributed by atoms with Crippen molar-refractivity contribution < 1.29 is 18.8 Å². The topological polar surface area (TPSA) is 64.8 Å². The lowest BCUT2D eigenvalue weighted by Gasteiger charge is -2.39. The molecule has 0 spiro atoms. The van der Waals surface area contributed by atoms with Crippen molar-refractivity contribution in [2.75, 3.05) is 20.8 Å². The summed E-state index contributed by atoms with van der Waals surface area (Å²) in [5.41, 5.74) is 2.42. The fourth-order valence-corrected chi connectivity index (χ4v) is 3.41. The molecule has 0 fully saturated rings. The number of methoxy groups -OCH3 is 2. The zero-order valence-corrected chi connectivity index (χ0v) is 16.3. The maximum absolute atomic E-state index is 13.1. The van der Waals surface area contributed by atoms with E-state index in [4.69, 9.17) is 14.0 Å². The minimum atomic E-state index is -0.485. The maximum atomic E-state index is 13.1. The van der Waals surface area contributed by atoms with Gasteiger partial charge in [0.2, 0.25) is 5.91 Å². The number of fused-ring (bicyclic) bond motifs is 1. The quantitative estimate of drug-likeness (QED) is 0.840. The smallest absolute Gasteiger partial charge is 0.228 e. The third kappa shape index (κ3) is 3.16. The molecule has 1 aromatic heterocycles. The van der Waals surface area contributed by atoms with Crippen molar-refractivity contribution in [1.82, 2.24) is 10.1 Å². The van der Waals surface area contributed by atoms with Crippen LogP contribution in [-0.4, -0.2) is 36.7 Å². The first-order valence-electron chi connectivity index (χ1n) is 8.75. The van der Waals surface area contributed by atoms with Gasteiger partial charge in [-0.3, -0.25) is 4.79 Å². The molecule has 0 saturated heterocycles. The van der Waals surface area contributed by atoms with Crippen molar-refractivity contribution in [3.05, 3.63) is 40.8 Å². The van der Waals surface area contributed by atoms with Crippen LogP contribution in [0, 0.1) is 12.3 Å². The van der Waals surface area contributed by atoms with E-state index in [1.807, 2.05) is 50.8 Å². The second-order valence-corrected chi connectivity index (χ2v) is 7.68. The van der Waals surface area contributed by atoms with E-state index < -0.39 is 5.41 Å². The van der Waals surface area contributed by atoms with E-state index in [1.54, 1.807) is 14.2 Å². The fourth-order valence-electron chi connectivity index (χ4n) is 3.41. The molecule has 1 atom stereocenters. The molecular weight excluding hydrogens is 332 g/mol. The lowest BCUT2D eigenvalue weighted by molar-refractivity contribution is -0.142. The van der Waals surface area contributed by atoms with Crippen LogP contribution in [0.1, 0.15) is 49.4 Å². The van der Waals surface area contributed by atoms with Gasteiger partial charge < -0.3 is 18.9 Å². The summed E-state index contributed by atoms with van der Waals surface area (Å²) in [6, 6.07) is 5.49. The van der Waals surface area contributed by atoms with Gasteiger partial charge in [-0.15, -0.1) is 0 Å².